The summed E-state index contributed by atoms with van der Waals surface area (Å²) in [5.74, 6) is 0. The zero-order valence-electron chi connectivity index (χ0n) is 11.8. The lowest BCUT2D eigenvalue weighted by molar-refractivity contribution is 0.461. The van der Waals surface area contributed by atoms with Gasteiger partial charge in [0.05, 0.1) is 6.26 Å². The standard InChI is InChI=1S/C14H29NO2S/c1-18(16,17)15-14-12-10-8-6-4-2-3-5-7-9-11-13-14/h14-15H,2-13H2,1H3. The molecule has 1 saturated carbocycles. The van der Waals surface area contributed by atoms with Crippen molar-refractivity contribution in [1.29, 1.82) is 0 Å². The van der Waals surface area contributed by atoms with E-state index in [1.807, 2.05) is 0 Å². The topological polar surface area (TPSA) is 46.2 Å². The summed E-state index contributed by atoms with van der Waals surface area (Å²) >= 11 is 0. The number of hydrogen-bond donors (Lipinski definition) is 1. The maximum atomic E-state index is 11.3. The number of nitrogens with one attached hydrogen (secondary N) is 1. The number of rotatable bonds is 2. The molecule has 0 heterocycles. The van der Waals surface area contributed by atoms with Crippen molar-refractivity contribution in [1.82, 2.24) is 4.72 Å². The molecular formula is C14H29NO2S. The highest BCUT2D eigenvalue weighted by atomic mass is 32.2. The van der Waals surface area contributed by atoms with Crippen LogP contribution in [0, 0.1) is 0 Å². The summed E-state index contributed by atoms with van der Waals surface area (Å²) in [4.78, 5) is 0. The Morgan fingerprint density at radius 3 is 1.39 bits per heavy atom. The lowest BCUT2D eigenvalue weighted by atomic mass is 10.0. The average molecular weight is 275 g/mol. The van der Waals surface area contributed by atoms with Crippen molar-refractivity contribution in [2.24, 2.45) is 0 Å². The second kappa shape index (κ2) is 8.92. The Balaban J connectivity index is 2.37. The number of hydrogen-bond acceptors (Lipinski definition) is 2. The third kappa shape index (κ3) is 8.92. The van der Waals surface area contributed by atoms with E-state index < -0.39 is 10.0 Å². The van der Waals surface area contributed by atoms with Crippen LogP contribution in [0.3, 0.4) is 0 Å². The van der Waals surface area contributed by atoms with Gasteiger partial charge in [-0.1, -0.05) is 64.2 Å². The Labute approximate surface area is 113 Å². The van der Waals surface area contributed by atoms with E-state index in [4.69, 9.17) is 0 Å². The zero-order chi connectivity index (χ0) is 13.3. The Kier molecular flexibility index (Phi) is 7.91. The molecule has 0 aliphatic heterocycles. The van der Waals surface area contributed by atoms with Crippen LogP contribution < -0.4 is 4.72 Å². The van der Waals surface area contributed by atoms with Gasteiger partial charge in [0.15, 0.2) is 0 Å². The monoisotopic (exact) mass is 275 g/mol. The molecule has 0 amide bonds. The highest BCUT2D eigenvalue weighted by Gasteiger charge is 2.13. The van der Waals surface area contributed by atoms with E-state index in [1.165, 1.54) is 57.6 Å². The predicted octanol–water partition coefficient (Wildman–Crippen LogP) is 3.60. The summed E-state index contributed by atoms with van der Waals surface area (Å²) in [6, 6.07) is 0.167. The van der Waals surface area contributed by atoms with Gasteiger partial charge in [0.25, 0.3) is 0 Å². The summed E-state index contributed by atoms with van der Waals surface area (Å²) in [7, 11) is -3.05. The predicted molar refractivity (Wildman–Crippen MR) is 77.2 cm³/mol. The molecule has 0 aromatic rings. The average Bonchev–Trinajstić information content (AvgIpc) is 2.29. The van der Waals surface area contributed by atoms with Crippen LogP contribution in [0.5, 0.6) is 0 Å². The first-order valence-electron chi connectivity index (χ1n) is 7.55. The summed E-state index contributed by atoms with van der Waals surface area (Å²) in [6.07, 6.45) is 16.2. The van der Waals surface area contributed by atoms with Crippen LogP contribution in [0.15, 0.2) is 0 Å². The first-order chi connectivity index (χ1) is 8.58. The Hall–Kier alpha value is -0.0900. The van der Waals surface area contributed by atoms with Gasteiger partial charge < -0.3 is 0 Å². The minimum atomic E-state index is -3.05. The van der Waals surface area contributed by atoms with Crippen molar-refractivity contribution < 1.29 is 8.42 Å². The minimum Gasteiger partial charge on any atom is -0.213 e. The largest absolute Gasteiger partial charge is 0.213 e. The van der Waals surface area contributed by atoms with Crippen molar-refractivity contribution in [2.45, 2.75) is 83.1 Å². The fraction of sp³-hybridized carbons (Fsp3) is 1.00. The molecule has 1 rings (SSSR count). The highest BCUT2D eigenvalue weighted by molar-refractivity contribution is 7.88. The smallest absolute Gasteiger partial charge is 0.208 e. The lowest BCUT2D eigenvalue weighted by Crippen LogP contribution is -2.33. The molecule has 1 fully saturated rings. The van der Waals surface area contributed by atoms with Gasteiger partial charge in [-0.3, -0.25) is 0 Å². The summed E-state index contributed by atoms with van der Waals surface area (Å²) in [5, 5.41) is 0. The maximum absolute atomic E-state index is 11.3. The molecule has 0 atom stereocenters. The van der Waals surface area contributed by atoms with E-state index in [2.05, 4.69) is 4.72 Å². The van der Waals surface area contributed by atoms with Gasteiger partial charge in [0.1, 0.15) is 0 Å². The molecular weight excluding hydrogens is 246 g/mol. The van der Waals surface area contributed by atoms with E-state index in [9.17, 15) is 8.42 Å². The molecule has 0 spiro atoms. The minimum absolute atomic E-state index is 0.167. The van der Waals surface area contributed by atoms with E-state index >= 15 is 0 Å². The second-order valence-electron chi connectivity index (χ2n) is 5.70. The van der Waals surface area contributed by atoms with E-state index in [0.717, 1.165) is 25.7 Å². The van der Waals surface area contributed by atoms with Crippen LogP contribution in [-0.4, -0.2) is 20.7 Å². The van der Waals surface area contributed by atoms with Crippen molar-refractivity contribution in [3.8, 4) is 0 Å². The van der Waals surface area contributed by atoms with Gasteiger partial charge in [0.2, 0.25) is 10.0 Å². The highest BCUT2D eigenvalue weighted by Crippen LogP contribution is 2.17. The van der Waals surface area contributed by atoms with Crippen molar-refractivity contribution in [2.75, 3.05) is 6.26 Å². The quantitative estimate of drug-likeness (QED) is 0.837. The van der Waals surface area contributed by atoms with Gasteiger partial charge in [-0.2, -0.15) is 0 Å². The molecule has 1 aliphatic rings. The molecule has 0 unspecified atom stereocenters. The van der Waals surface area contributed by atoms with Gasteiger partial charge in [-0.15, -0.1) is 0 Å². The van der Waals surface area contributed by atoms with Crippen molar-refractivity contribution in [3.63, 3.8) is 0 Å². The van der Waals surface area contributed by atoms with Crippen LogP contribution >= 0.6 is 0 Å². The van der Waals surface area contributed by atoms with E-state index in [-0.39, 0.29) is 6.04 Å². The molecule has 0 aromatic carbocycles. The fourth-order valence-electron chi connectivity index (χ4n) is 2.76. The maximum Gasteiger partial charge on any atom is 0.208 e. The van der Waals surface area contributed by atoms with Gasteiger partial charge in [0, 0.05) is 6.04 Å². The molecule has 4 heteroatoms. The lowest BCUT2D eigenvalue weighted by Gasteiger charge is -2.17. The molecule has 108 valence electrons. The van der Waals surface area contributed by atoms with E-state index in [0.29, 0.717) is 0 Å². The molecule has 0 radical (unpaired) electrons. The van der Waals surface area contributed by atoms with Crippen LogP contribution in [0.1, 0.15) is 77.0 Å². The molecule has 0 aromatic heterocycles. The van der Waals surface area contributed by atoms with Gasteiger partial charge in [-0.05, 0) is 12.8 Å². The van der Waals surface area contributed by atoms with Crippen LogP contribution in [0.2, 0.25) is 0 Å². The van der Waals surface area contributed by atoms with E-state index in [1.54, 1.807) is 0 Å². The Bertz CT molecular complexity index is 287. The third-order valence-corrected chi connectivity index (χ3v) is 4.50. The molecule has 1 aliphatic carbocycles. The summed E-state index contributed by atoms with van der Waals surface area (Å²) < 4.78 is 25.4. The second-order valence-corrected chi connectivity index (χ2v) is 7.48. The first-order valence-corrected chi connectivity index (χ1v) is 9.44. The van der Waals surface area contributed by atoms with Crippen LogP contribution in [0.25, 0.3) is 0 Å². The van der Waals surface area contributed by atoms with Crippen molar-refractivity contribution >= 4 is 10.0 Å². The SMILES string of the molecule is CS(=O)(=O)NC1CCCCCCCCCCCC1. The Morgan fingerprint density at radius 2 is 1.06 bits per heavy atom. The van der Waals surface area contributed by atoms with Gasteiger partial charge >= 0.3 is 0 Å². The normalized spacial score (nSPS) is 22.7. The van der Waals surface area contributed by atoms with Crippen LogP contribution in [0.4, 0.5) is 0 Å². The first kappa shape index (κ1) is 16.0. The molecule has 0 bridgehead atoms. The molecule has 1 N–H and O–H groups in total. The Morgan fingerprint density at radius 1 is 0.722 bits per heavy atom. The van der Waals surface area contributed by atoms with Crippen molar-refractivity contribution in [3.05, 3.63) is 0 Å². The van der Waals surface area contributed by atoms with Gasteiger partial charge in [-0.25, -0.2) is 13.1 Å². The summed E-state index contributed by atoms with van der Waals surface area (Å²) in [5.41, 5.74) is 0. The zero-order valence-corrected chi connectivity index (χ0v) is 12.6. The third-order valence-electron chi connectivity index (χ3n) is 3.74. The molecule has 18 heavy (non-hydrogen) atoms. The van der Waals surface area contributed by atoms with Crippen LogP contribution in [-0.2, 0) is 10.0 Å². The molecule has 3 nitrogen and oxygen atoms in total. The summed E-state index contributed by atoms with van der Waals surface area (Å²) in [6.45, 7) is 0. The molecule has 0 saturated heterocycles. The fourth-order valence-corrected chi connectivity index (χ4v) is 3.60. The number of sulfonamides is 1.